The van der Waals surface area contributed by atoms with Crippen molar-refractivity contribution in [2.24, 2.45) is 0 Å². The van der Waals surface area contributed by atoms with Crippen LogP contribution in [0.3, 0.4) is 0 Å². The van der Waals surface area contributed by atoms with Crippen LogP contribution in [0.5, 0.6) is 5.75 Å². The Bertz CT molecular complexity index is 1050. The summed E-state index contributed by atoms with van der Waals surface area (Å²) < 4.78 is 19.1. The third-order valence-electron chi connectivity index (χ3n) is 3.67. The zero-order chi connectivity index (χ0) is 19.4. The fourth-order valence-corrected chi connectivity index (χ4v) is 3.10. The zero-order valence-electron chi connectivity index (χ0n) is 14.1. The van der Waals surface area contributed by atoms with E-state index in [2.05, 4.69) is 4.98 Å². The minimum atomic E-state index is -0.936. The number of benzene rings is 2. The van der Waals surface area contributed by atoms with Crippen molar-refractivity contribution >= 4 is 28.9 Å². The molecule has 0 N–H and O–H groups in total. The number of halogens is 1. The van der Waals surface area contributed by atoms with Crippen molar-refractivity contribution in [1.82, 2.24) is 4.98 Å². The minimum absolute atomic E-state index is 0.236. The Balaban J connectivity index is 1.77. The number of aromatic nitrogens is 1. The van der Waals surface area contributed by atoms with Crippen LogP contribution in [0, 0.1) is 15.9 Å². The molecule has 1 aromatic heterocycles. The number of methoxy groups -OCH3 is 1. The normalized spacial score (nSPS) is 10.9. The molecule has 0 bridgehead atoms. The van der Waals surface area contributed by atoms with Gasteiger partial charge in [-0.1, -0.05) is 12.1 Å². The van der Waals surface area contributed by atoms with Gasteiger partial charge in [0.25, 0.3) is 5.69 Å². The third-order valence-corrected chi connectivity index (χ3v) is 4.58. The molecular formula is C19H13FN2O4S. The van der Waals surface area contributed by atoms with Crippen molar-refractivity contribution in [2.45, 2.75) is 0 Å². The van der Waals surface area contributed by atoms with E-state index in [1.807, 2.05) is 24.3 Å². The van der Waals surface area contributed by atoms with E-state index in [0.717, 1.165) is 28.8 Å². The molecule has 0 unspecified atom stereocenters. The number of hydrogen-bond donors (Lipinski definition) is 0. The number of ketones is 1. The molecule has 0 fully saturated rings. The number of non-ortho nitro benzene ring substituents is 1. The molecule has 0 aliphatic heterocycles. The lowest BCUT2D eigenvalue weighted by atomic mass is 10.1. The van der Waals surface area contributed by atoms with Gasteiger partial charge >= 0.3 is 0 Å². The maximum Gasteiger partial charge on any atom is 0.272 e. The van der Waals surface area contributed by atoms with Gasteiger partial charge in [0.1, 0.15) is 16.6 Å². The second-order valence-electron chi connectivity index (χ2n) is 5.43. The molecule has 1 heterocycles. The Morgan fingerprint density at radius 1 is 1.30 bits per heavy atom. The fraction of sp³-hybridized carbons (Fsp3) is 0.0526. The van der Waals surface area contributed by atoms with Gasteiger partial charge in [0.05, 0.1) is 29.4 Å². The van der Waals surface area contributed by atoms with Crippen molar-refractivity contribution in [3.05, 3.63) is 81.1 Å². The van der Waals surface area contributed by atoms with Gasteiger partial charge in [0, 0.05) is 17.0 Å². The summed E-state index contributed by atoms with van der Waals surface area (Å²) in [5.74, 6) is -0.823. The first-order chi connectivity index (χ1) is 13.0. The van der Waals surface area contributed by atoms with Crippen LogP contribution in [-0.4, -0.2) is 22.8 Å². The van der Waals surface area contributed by atoms with Crippen molar-refractivity contribution in [3.8, 4) is 16.3 Å². The summed E-state index contributed by atoms with van der Waals surface area (Å²) in [6.45, 7) is 0. The molecule has 0 aliphatic rings. The molecule has 6 nitrogen and oxygen atoms in total. The van der Waals surface area contributed by atoms with Gasteiger partial charge < -0.3 is 4.74 Å². The van der Waals surface area contributed by atoms with Crippen LogP contribution in [0.4, 0.5) is 10.1 Å². The molecule has 0 aliphatic carbocycles. The number of nitrogens with zero attached hydrogens (tertiary/aromatic N) is 2. The van der Waals surface area contributed by atoms with E-state index in [0.29, 0.717) is 11.4 Å². The molecule has 0 atom stereocenters. The number of allylic oxidation sites excluding steroid dienone is 1. The highest BCUT2D eigenvalue weighted by atomic mass is 32.1. The number of ether oxygens (including phenoxy) is 1. The maximum absolute atomic E-state index is 13.9. The third kappa shape index (κ3) is 4.24. The number of rotatable bonds is 6. The van der Waals surface area contributed by atoms with Gasteiger partial charge in [0.2, 0.25) is 0 Å². The molecule has 0 saturated heterocycles. The average Bonchev–Trinajstić information content (AvgIpc) is 3.15. The Hall–Kier alpha value is -3.39. The lowest BCUT2D eigenvalue weighted by molar-refractivity contribution is -0.385. The number of nitro benzene ring substituents is 1. The Labute approximate surface area is 157 Å². The summed E-state index contributed by atoms with van der Waals surface area (Å²) in [4.78, 5) is 26.5. The highest BCUT2D eigenvalue weighted by Gasteiger charge is 2.14. The summed E-state index contributed by atoms with van der Waals surface area (Å²) in [5.41, 5.74) is 0.788. The van der Waals surface area contributed by atoms with Crippen LogP contribution in [0.2, 0.25) is 0 Å². The molecule has 0 amide bonds. The lowest BCUT2D eigenvalue weighted by Gasteiger charge is -2.01. The van der Waals surface area contributed by atoms with E-state index in [1.54, 1.807) is 12.5 Å². The summed E-state index contributed by atoms with van der Waals surface area (Å²) in [6, 6.07) is 10.3. The topological polar surface area (TPSA) is 82.3 Å². The first kappa shape index (κ1) is 18.4. The van der Waals surface area contributed by atoms with Crippen LogP contribution in [0.25, 0.3) is 16.6 Å². The summed E-state index contributed by atoms with van der Waals surface area (Å²) in [7, 11) is 1.58. The van der Waals surface area contributed by atoms with Crippen molar-refractivity contribution in [3.63, 3.8) is 0 Å². The Kier molecular flexibility index (Phi) is 5.37. The molecule has 8 heteroatoms. The number of thiazole rings is 1. The summed E-state index contributed by atoms with van der Waals surface area (Å²) in [6.07, 6.45) is 2.66. The molecule has 0 saturated carbocycles. The smallest absolute Gasteiger partial charge is 0.272 e. The van der Waals surface area contributed by atoms with Crippen LogP contribution < -0.4 is 4.74 Å². The molecule has 27 heavy (non-hydrogen) atoms. The Morgan fingerprint density at radius 3 is 2.81 bits per heavy atom. The standard InChI is InChI=1S/C19H13FN2O4S/c1-26-15-4-2-3-12(9-15)19-21-13(11-27-19)5-8-18(23)16-7-6-14(22(24)25)10-17(16)20/h2-11H,1H3/b8-5+. The lowest BCUT2D eigenvalue weighted by Crippen LogP contribution is -2.00. The number of nitro groups is 1. The first-order valence-corrected chi connectivity index (χ1v) is 8.62. The quantitative estimate of drug-likeness (QED) is 0.265. The highest BCUT2D eigenvalue weighted by molar-refractivity contribution is 7.13. The van der Waals surface area contributed by atoms with Crippen LogP contribution in [0.1, 0.15) is 16.1 Å². The summed E-state index contributed by atoms with van der Waals surface area (Å²) in [5, 5.41) is 13.2. The first-order valence-electron chi connectivity index (χ1n) is 7.74. The molecule has 2 aromatic carbocycles. The molecular weight excluding hydrogens is 371 g/mol. The monoisotopic (exact) mass is 384 g/mol. The molecule has 3 rings (SSSR count). The second-order valence-corrected chi connectivity index (χ2v) is 6.29. The predicted octanol–water partition coefficient (Wildman–Crippen LogP) is 4.76. The average molecular weight is 384 g/mol. The van der Waals surface area contributed by atoms with E-state index in [4.69, 9.17) is 4.74 Å². The molecule has 3 aromatic rings. The van der Waals surface area contributed by atoms with Gasteiger partial charge in [-0.15, -0.1) is 11.3 Å². The van der Waals surface area contributed by atoms with Crippen molar-refractivity contribution in [2.75, 3.05) is 7.11 Å². The molecule has 0 spiro atoms. The Morgan fingerprint density at radius 2 is 2.11 bits per heavy atom. The fourth-order valence-electron chi connectivity index (χ4n) is 2.32. The van der Waals surface area contributed by atoms with Crippen molar-refractivity contribution < 1.29 is 18.8 Å². The van der Waals surface area contributed by atoms with Gasteiger partial charge in [-0.05, 0) is 30.4 Å². The number of carbonyl (C=O) groups is 1. The van der Waals surface area contributed by atoms with Gasteiger partial charge in [-0.2, -0.15) is 0 Å². The second kappa shape index (κ2) is 7.88. The minimum Gasteiger partial charge on any atom is -0.497 e. The van der Waals surface area contributed by atoms with Crippen molar-refractivity contribution in [1.29, 1.82) is 0 Å². The molecule has 136 valence electrons. The van der Waals surface area contributed by atoms with Crippen LogP contribution in [0.15, 0.2) is 53.9 Å². The van der Waals surface area contributed by atoms with Gasteiger partial charge in [0.15, 0.2) is 5.78 Å². The van der Waals surface area contributed by atoms with Gasteiger partial charge in [-0.3, -0.25) is 14.9 Å². The van der Waals surface area contributed by atoms with Crippen LogP contribution in [-0.2, 0) is 0 Å². The van der Waals surface area contributed by atoms with E-state index >= 15 is 0 Å². The van der Waals surface area contributed by atoms with E-state index < -0.39 is 22.2 Å². The maximum atomic E-state index is 13.9. The number of hydrogen-bond acceptors (Lipinski definition) is 6. The molecule has 0 radical (unpaired) electrons. The number of carbonyl (C=O) groups excluding carboxylic acids is 1. The largest absolute Gasteiger partial charge is 0.497 e. The van der Waals surface area contributed by atoms with E-state index in [9.17, 15) is 19.3 Å². The highest BCUT2D eigenvalue weighted by Crippen LogP contribution is 2.27. The van der Waals surface area contributed by atoms with E-state index in [-0.39, 0.29) is 5.56 Å². The predicted molar refractivity (Wildman–Crippen MR) is 101 cm³/mol. The van der Waals surface area contributed by atoms with E-state index in [1.165, 1.54) is 23.5 Å². The van der Waals surface area contributed by atoms with Crippen LogP contribution >= 0.6 is 11.3 Å². The van der Waals surface area contributed by atoms with Gasteiger partial charge in [-0.25, -0.2) is 9.37 Å². The SMILES string of the molecule is COc1cccc(-c2nc(/C=C/C(=O)c3ccc([N+](=O)[O-])cc3F)cs2)c1. The zero-order valence-corrected chi connectivity index (χ0v) is 14.9. The summed E-state index contributed by atoms with van der Waals surface area (Å²) >= 11 is 1.40.